The Morgan fingerprint density at radius 1 is 1.09 bits per heavy atom. The summed E-state index contributed by atoms with van der Waals surface area (Å²) in [4.78, 5) is 2.44. The molecule has 0 radical (unpaired) electrons. The van der Waals surface area contributed by atoms with Gasteiger partial charge in [0.25, 0.3) is 0 Å². The molecule has 1 N–H and O–H groups in total. The van der Waals surface area contributed by atoms with E-state index in [1.54, 1.807) is 0 Å². The number of rotatable bonds is 3. The molecule has 1 aliphatic heterocycles. The molecule has 0 saturated heterocycles. The molecule has 22 heavy (non-hydrogen) atoms. The summed E-state index contributed by atoms with van der Waals surface area (Å²) in [5.74, 6) is 0.711. The van der Waals surface area contributed by atoms with E-state index in [0.29, 0.717) is 5.82 Å². The summed E-state index contributed by atoms with van der Waals surface area (Å²) in [5.41, 5.74) is 2.52. The molecule has 0 fully saturated rings. The van der Waals surface area contributed by atoms with Gasteiger partial charge in [0.15, 0.2) is 0 Å². The van der Waals surface area contributed by atoms with Gasteiger partial charge >= 0.3 is 0 Å². The molecule has 0 bridgehead atoms. The van der Waals surface area contributed by atoms with E-state index in [1.165, 1.54) is 16.3 Å². The fourth-order valence-corrected chi connectivity index (χ4v) is 3.07. The molecule has 0 unspecified atom stereocenters. The van der Waals surface area contributed by atoms with E-state index in [0.717, 1.165) is 31.6 Å². The second kappa shape index (κ2) is 5.69. The molecule has 0 spiro atoms. The molecule has 3 aromatic rings. The van der Waals surface area contributed by atoms with Crippen LogP contribution in [0.4, 0.5) is 0 Å². The minimum Gasteiger partial charge on any atom is -0.294 e. The van der Waals surface area contributed by atoms with Crippen molar-refractivity contribution in [3.8, 4) is 0 Å². The maximum atomic E-state index is 4.09. The predicted octanol–water partition coefficient (Wildman–Crippen LogP) is 2.64. The lowest BCUT2D eigenvalue weighted by atomic mass is 10.0. The van der Waals surface area contributed by atoms with E-state index in [-0.39, 0.29) is 0 Å². The molecule has 0 atom stereocenters. The van der Waals surface area contributed by atoms with E-state index < -0.39 is 0 Å². The lowest BCUT2D eigenvalue weighted by Gasteiger charge is -2.26. The summed E-state index contributed by atoms with van der Waals surface area (Å²) in [6.45, 7) is 2.86. The molecule has 0 aliphatic carbocycles. The van der Waals surface area contributed by atoms with Gasteiger partial charge in [-0.05, 0) is 28.0 Å². The number of hydrogen-bond donors (Lipinski definition) is 1. The Kier molecular flexibility index (Phi) is 3.40. The van der Waals surface area contributed by atoms with Gasteiger partial charge in [0.1, 0.15) is 0 Å². The summed E-state index contributed by atoms with van der Waals surface area (Å²) in [6, 6.07) is 15.1. The maximum absolute atomic E-state index is 4.09. The fourth-order valence-electron chi connectivity index (χ4n) is 3.07. The third-order valence-corrected chi connectivity index (χ3v) is 4.14. The summed E-state index contributed by atoms with van der Waals surface area (Å²) in [5, 5.41) is 17.0. The van der Waals surface area contributed by atoms with Gasteiger partial charge in [-0.15, -0.1) is 10.2 Å². The van der Waals surface area contributed by atoms with Crippen molar-refractivity contribution in [3.05, 3.63) is 59.9 Å². The molecular weight excluding hydrogens is 274 g/mol. The second-order valence-corrected chi connectivity index (χ2v) is 5.60. The minimum absolute atomic E-state index is 0.711. The zero-order valence-electron chi connectivity index (χ0n) is 12.2. The van der Waals surface area contributed by atoms with Gasteiger partial charge in [0.2, 0.25) is 5.82 Å². The van der Waals surface area contributed by atoms with Gasteiger partial charge in [-0.3, -0.25) is 4.90 Å². The topological polar surface area (TPSA) is 57.7 Å². The molecule has 110 valence electrons. The van der Waals surface area contributed by atoms with Gasteiger partial charge in [-0.1, -0.05) is 48.5 Å². The number of aromatic nitrogens is 4. The molecule has 2 heterocycles. The SMILES string of the molecule is C1=C(c2nn[nH]n2)CN(Cc2cccc3ccccc23)CC1. The van der Waals surface area contributed by atoms with Gasteiger partial charge in [0.05, 0.1) is 0 Å². The van der Waals surface area contributed by atoms with Crippen LogP contribution in [0, 0.1) is 0 Å². The molecule has 0 amide bonds. The van der Waals surface area contributed by atoms with Crippen molar-refractivity contribution in [1.29, 1.82) is 0 Å². The first-order chi connectivity index (χ1) is 10.9. The lowest BCUT2D eigenvalue weighted by Crippen LogP contribution is -2.29. The number of nitrogens with one attached hydrogen (secondary N) is 1. The molecule has 4 rings (SSSR count). The van der Waals surface area contributed by atoms with Gasteiger partial charge in [0, 0.05) is 25.2 Å². The minimum atomic E-state index is 0.711. The van der Waals surface area contributed by atoms with Crippen molar-refractivity contribution in [2.24, 2.45) is 0 Å². The van der Waals surface area contributed by atoms with Crippen LogP contribution in [0.3, 0.4) is 0 Å². The zero-order chi connectivity index (χ0) is 14.8. The van der Waals surface area contributed by atoms with Crippen molar-refractivity contribution in [3.63, 3.8) is 0 Å². The Morgan fingerprint density at radius 3 is 2.91 bits per heavy atom. The van der Waals surface area contributed by atoms with E-state index in [4.69, 9.17) is 0 Å². The zero-order valence-corrected chi connectivity index (χ0v) is 12.2. The first kappa shape index (κ1) is 13.2. The Bertz CT molecular complexity index is 802. The monoisotopic (exact) mass is 291 g/mol. The van der Waals surface area contributed by atoms with Crippen LogP contribution in [-0.2, 0) is 6.54 Å². The maximum Gasteiger partial charge on any atom is 0.201 e. The van der Waals surface area contributed by atoms with Crippen LogP contribution in [0.1, 0.15) is 17.8 Å². The normalized spacial score (nSPS) is 15.9. The van der Waals surface area contributed by atoms with E-state index in [2.05, 4.69) is 74.1 Å². The third-order valence-electron chi connectivity index (χ3n) is 4.14. The van der Waals surface area contributed by atoms with Crippen LogP contribution in [0.5, 0.6) is 0 Å². The largest absolute Gasteiger partial charge is 0.294 e. The smallest absolute Gasteiger partial charge is 0.201 e. The predicted molar refractivity (Wildman–Crippen MR) is 86.0 cm³/mol. The van der Waals surface area contributed by atoms with Crippen LogP contribution in [-0.4, -0.2) is 38.6 Å². The highest BCUT2D eigenvalue weighted by molar-refractivity contribution is 5.85. The molecule has 5 heteroatoms. The standard InChI is InChI=1S/C17H17N5/c1-2-9-16-13(5-1)6-3-7-14(16)11-22-10-4-8-15(12-22)17-18-20-21-19-17/h1-3,5-9H,4,10-12H2,(H,18,19,20,21). The Morgan fingerprint density at radius 2 is 2.00 bits per heavy atom. The summed E-state index contributed by atoms with van der Waals surface area (Å²) in [7, 11) is 0. The number of fused-ring (bicyclic) bond motifs is 1. The van der Waals surface area contributed by atoms with E-state index in [9.17, 15) is 0 Å². The van der Waals surface area contributed by atoms with Crippen LogP contribution in [0.15, 0.2) is 48.5 Å². The van der Waals surface area contributed by atoms with Crippen LogP contribution in [0.2, 0.25) is 0 Å². The van der Waals surface area contributed by atoms with Crippen molar-refractivity contribution in [1.82, 2.24) is 25.5 Å². The first-order valence-corrected chi connectivity index (χ1v) is 7.52. The number of H-pyrrole nitrogens is 1. The average Bonchev–Trinajstić information content (AvgIpc) is 3.10. The number of tetrazole rings is 1. The number of hydrogen-bond acceptors (Lipinski definition) is 4. The van der Waals surface area contributed by atoms with Crippen molar-refractivity contribution < 1.29 is 0 Å². The quantitative estimate of drug-likeness (QED) is 0.806. The molecule has 2 aromatic carbocycles. The Labute approximate surface area is 128 Å². The van der Waals surface area contributed by atoms with E-state index >= 15 is 0 Å². The number of aromatic amines is 1. The molecule has 1 aliphatic rings. The fraction of sp³-hybridized carbons (Fsp3) is 0.235. The highest BCUT2D eigenvalue weighted by Crippen LogP contribution is 2.23. The summed E-state index contributed by atoms with van der Waals surface area (Å²) in [6.07, 6.45) is 3.24. The van der Waals surface area contributed by atoms with Crippen molar-refractivity contribution >= 4 is 16.3 Å². The summed E-state index contributed by atoms with van der Waals surface area (Å²) >= 11 is 0. The van der Waals surface area contributed by atoms with Gasteiger partial charge < -0.3 is 0 Å². The van der Waals surface area contributed by atoms with E-state index in [1.807, 2.05) is 0 Å². The summed E-state index contributed by atoms with van der Waals surface area (Å²) < 4.78 is 0. The van der Waals surface area contributed by atoms with Crippen LogP contribution < -0.4 is 0 Å². The van der Waals surface area contributed by atoms with Crippen molar-refractivity contribution in [2.75, 3.05) is 13.1 Å². The Hall–Kier alpha value is -2.53. The third kappa shape index (κ3) is 2.51. The van der Waals surface area contributed by atoms with Gasteiger partial charge in [-0.2, -0.15) is 5.21 Å². The molecule has 5 nitrogen and oxygen atoms in total. The second-order valence-electron chi connectivity index (χ2n) is 5.60. The number of nitrogens with zero attached hydrogens (tertiary/aromatic N) is 4. The molecule has 1 aromatic heterocycles. The highest BCUT2D eigenvalue weighted by atomic mass is 15.5. The highest BCUT2D eigenvalue weighted by Gasteiger charge is 2.17. The van der Waals surface area contributed by atoms with Gasteiger partial charge in [-0.25, -0.2) is 0 Å². The molecular formula is C17H17N5. The van der Waals surface area contributed by atoms with Crippen LogP contribution >= 0.6 is 0 Å². The number of benzene rings is 2. The van der Waals surface area contributed by atoms with Crippen LogP contribution in [0.25, 0.3) is 16.3 Å². The molecule has 0 saturated carbocycles. The Balaban J connectivity index is 1.57. The van der Waals surface area contributed by atoms with Crippen molar-refractivity contribution in [2.45, 2.75) is 13.0 Å². The average molecular weight is 291 g/mol. The first-order valence-electron chi connectivity index (χ1n) is 7.52. The lowest BCUT2D eigenvalue weighted by molar-refractivity contribution is 0.297.